The van der Waals surface area contributed by atoms with Crippen molar-refractivity contribution >= 4 is 37.7 Å². The number of nitro benzene ring substituents is 1. The fourth-order valence-electron chi connectivity index (χ4n) is 4.82. The molecule has 230 valence electrons. The van der Waals surface area contributed by atoms with Crippen molar-refractivity contribution in [3.63, 3.8) is 0 Å². The second kappa shape index (κ2) is 12.2. The lowest BCUT2D eigenvalue weighted by atomic mass is 9.94. The number of hydrogen-bond donors (Lipinski definition) is 3. The number of methoxy groups -OCH3 is 1. The smallest absolute Gasteiger partial charge is 0.323 e. The number of benzene rings is 2. The van der Waals surface area contributed by atoms with E-state index in [-0.39, 0.29) is 24.3 Å². The predicted molar refractivity (Wildman–Crippen MR) is 154 cm³/mol. The van der Waals surface area contributed by atoms with Crippen LogP contribution in [-0.2, 0) is 36.0 Å². The highest BCUT2D eigenvalue weighted by atomic mass is 32.2. The molecule has 42 heavy (non-hydrogen) atoms. The zero-order valence-electron chi connectivity index (χ0n) is 24.2. The number of fused-ring (bicyclic) bond motifs is 1. The van der Waals surface area contributed by atoms with Crippen molar-refractivity contribution < 1.29 is 36.0 Å². The number of sulfonamides is 2. The first-order valence-corrected chi connectivity index (χ1v) is 15.9. The Hall–Kier alpha value is -3.76. The molecule has 0 radical (unpaired) electrons. The average molecular weight is 626 g/mol. The summed E-state index contributed by atoms with van der Waals surface area (Å²) in [4.78, 5) is 26.2. The number of carbonyl (C=O) groups is 1. The highest BCUT2D eigenvalue weighted by molar-refractivity contribution is 7.90. The van der Waals surface area contributed by atoms with Gasteiger partial charge in [0.2, 0.25) is 16.0 Å². The van der Waals surface area contributed by atoms with Gasteiger partial charge in [-0.25, -0.2) is 21.6 Å². The molecule has 0 aromatic heterocycles. The standard InChI is InChI=1S/C26H35N5O9S2/c1-15-16(2)23(17(3)18-14-26(4,5)40-22(15)18)42(37,38)30-25(27)28-13-9-10-19(24(32)39-6)29-41(35,36)21-12-8-7-11-20(21)31(33)34/h7-8,11-12,19,29H,9-10,13-14H2,1-6H3,(H3,27,28,30)/t19-/m0/s1. The first-order valence-electron chi connectivity index (χ1n) is 12.9. The molecule has 0 amide bonds. The number of nitrogens with two attached hydrogens (primary N) is 1. The summed E-state index contributed by atoms with van der Waals surface area (Å²) in [6, 6.07) is 3.32. The van der Waals surface area contributed by atoms with Crippen LogP contribution in [0.3, 0.4) is 0 Å². The van der Waals surface area contributed by atoms with Crippen molar-refractivity contribution in [1.29, 1.82) is 0 Å². The van der Waals surface area contributed by atoms with E-state index < -0.39 is 59.1 Å². The van der Waals surface area contributed by atoms with Crippen molar-refractivity contribution in [3.8, 4) is 5.75 Å². The molecule has 0 unspecified atom stereocenters. The molecule has 1 heterocycles. The maximum Gasteiger partial charge on any atom is 0.323 e. The molecule has 3 rings (SSSR count). The quantitative estimate of drug-likeness (QED) is 0.0827. The number of hydrogen-bond acceptors (Lipinski definition) is 10. The van der Waals surface area contributed by atoms with E-state index in [9.17, 15) is 31.7 Å². The van der Waals surface area contributed by atoms with Crippen molar-refractivity contribution in [3.05, 3.63) is 56.6 Å². The molecule has 4 N–H and O–H groups in total. The van der Waals surface area contributed by atoms with Gasteiger partial charge in [0.05, 0.1) is 16.9 Å². The van der Waals surface area contributed by atoms with Crippen LogP contribution in [-0.4, -0.2) is 59.0 Å². The van der Waals surface area contributed by atoms with Gasteiger partial charge in [0.15, 0.2) is 4.90 Å². The third-order valence-electron chi connectivity index (χ3n) is 6.87. The monoisotopic (exact) mass is 625 g/mol. The fourth-order valence-corrected chi connectivity index (χ4v) is 7.73. The number of carbonyl (C=O) groups excluding carboxylic acids is 1. The van der Waals surface area contributed by atoms with Crippen LogP contribution in [0.25, 0.3) is 0 Å². The summed E-state index contributed by atoms with van der Waals surface area (Å²) in [5.41, 5.74) is 7.38. The minimum Gasteiger partial charge on any atom is -0.487 e. The van der Waals surface area contributed by atoms with Gasteiger partial charge in [-0.2, -0.15) is 4.72 Å². The minimum absolute atomic E-state index is 0.0712. The SMILES string of the molecule is COC(=O)[C@H](CCCN=C(N)NS(=O)(=O)c1c(C)c(C)c2c(c1C)CC(C)(C)O2)NS(=O)(=O)c1ccccc1[N+](=O)[O-]. The molecule has 2 aromatic rings. The molecule has 0 aliphatic carbocycles. The fraction of sp³-hybridized carbons (Fsp3) is 0.462. The summed E-state index contributed by atoms with van der Waals surface area (Å²) in [6.45, 7) is 9.00. The van der Waals surface area contributed by atoms with Crippen molar-refractivity contribution in [1.82, 2.24) is 9.44 Å². The minimum atomic E-state index is -4.48. The Bertz CT molecular complexity index is 1650. The second-order valence-corrected chi connectivity index (χ2v) is 13.8. The Morgan fingerprint density at radius 3 is 2.40 bits per heavy atom. The summed E-state index contributed by atoms with van der Waals surface area (Å²) < 4.78 is 67.5. The van der Waals surface area contributed by atoms with Crippen LogP contribution < -0.4 is 19.9 Å². The van der Waals surface area contributed by atoms with Gasteiger partial charge >= 0.3 is 5.97 Å². The largest absolute Gasteiger partial charge is 0.487 e. The Labute approximate surface area is 244 Å². The molecule has 1 aliphatic rings. The number of esters is 1. The highest BCUT2D eigenvalue weighted by Gasteiger charge is 2.37. The van der Waals surface area contributed by atoms with Crippen LogP contribution in [0.2, 0.25) is 0 Å². The summed E-state index contributed by atoms with van der Waals surface area (Å²) in [5.74, 6) is -0.619. The summed E-state index contributed by atoms with van der Waals surface area (Å²) in [6.07, 6.45) is 0.516. The molecule has 0 fully saturated rings. The second-order valence-electron chi connectivity index (χ2n) is 10.5. The molecule has 0 spiro atoms. The number of para-hydroxylation sites is 1. The van der Waals surface area contributed by atoms with E-state index in [0.29, 0.717) is 28.9 Å². The Morgan fingerprint density at radius 1 is 1.14 bits per heavy atom. The maximum absolute atomic E-state index is 13.3. The Balaban J connectivity index is 1.72. The third kappa shape index (κ3) is 6.99. The van der Waals surface area contributed by atoms with E-state index in [4.69, 9.17) is 10.5 Å². The molecule has 2 aromatic carbocycles. The molecular weight excluding hydrogens is 590 g/mol. The summed E-state index contributed by atoms with van der Waals surface area (Å²) >= 11 is 0. The van der Waals surface area contributed by atoms with Crippen LogP contribution in [0.1, 0.15) is 48.9 Å². The lowest BCUT2D eigenvalue weighted by Crippen LogP contribution is -2.41. The molecule has 1 atom stereocenters. The van der Waals surface area contributed by atoms with Crippen LogP contribution in [0.5, 0.6) is 5.75 Å². The van der Waals surface area contributed by atoms with Gasteiger partial charge in [0, 0.05) is 24.6 Å². The van der Waals surface area contributed by atoms with Gasteiger partial charge in [-0.3, -0.25) is 19.9 Å². The molecule has 1 aliphatic heterocycles. The summed E-state index contributed by atoms with van der Waals surface area (Å²) in [7, 11) is -7.53. The van der Waals surface area contributed by atoms with Gasteiger partial charge in [-0.15, -0.1) is 0 Å². The number of nitrogens with zero attached hydrogens (tertiary/aromatic N) is 2. The number of rotatable bonds is 11. The number of ether oxygens (including phenoxy) is 2. The van der Waals surface area contributed by atoms with Crippen molar-refractivity contribution in [2.45, 2.75) is 75.3 Å². The molecule has 0 bridgehead atoms. The first-order chi connectivity index (χ1) is 19.4. The van der Waals surface area contributed by atoms with Crippen LogP contribution in [0.4, 0.5) is 5.69 Å². The van der Waals surface area contributed by atoms with Crippen molar-refractivity contribution in [2.24, 2.45) is 10.7 Å². The normalized spacial score (nSPS) is 15.4. The van der Waals surface area contributed by atoms with E-state index in [1.54, 1.807) is 20.8 Å². The van der Waals surface area contributed by atoms with Gasteiger partial charge in [-0.05, 0) is 70.2 Å². The topological polar surface area (TPSA) is 209 Å². The van der Waals surface area contributed by atoms with E-state index >= 15 is 0 Å². The van der Waals surface area contributed by atoms with Gasteiger partial charge in [-0.1, -0.05) is 12.1 Å². The maximum atomic E-state index is 13.3. The number of guanidine groups is 1. The van der Waals surface area contributed by atoms with Crippen LogP contribution >= 0.6 is 0 Å². The van der Waals surface area contributed by atoms with E-state index in [2.05, 4.69) is 19.2 Å². The number of aliphatic imine (C=N–C) groups is 1. The molecule has 16 heteroatoms. The van der Waals surface area contributed by atoms with Crippen LogP contribution in [0, 0.1) is 30.9 Å². The van der Waals surface area contributed by atoms with Gasteiger partial charge in [0.25, 0.3) is 15.7 Å². The van der Waals surface area contributed by atoms with Gasteiger partial charge < -0.3 is 15.2 Å². The van der Waals surface area contributed by atoms with E-state index in [1.807, 2.05) is 13.8 Å². The zero-order valence-corrected chi connectivity index (χ0v) is 25.8. The predicted octanol–water partition coefficient (Wildman–Crippen LogP) is 2.13. The molecular formula is C26H35N5O9S2. The van der Waals surface area contributed by atoms with E-state index in [1.165, 1.54) is 12.1 Å². The van der Waals surface area contributed by atoms with Gasteiger partial charge in [0.1, 0.15) is 17.4 Å². The Morgan fingerprint density at radius 2 is 1.79 bits per heavy atom. The lowest BCUT2D eigenvalue weighted by molar-refractivity contribution is -0.387. The first kappa shape index (κ1) is 32.8. The Kier molecular flexibility index (Phi) is 9.54. The number of nitrogens with one attached hydrogen (secondary N) is 2. The zero-order chi connectivity index (χ0) is 31.6. The van der Waals surface area contributed by atoms with Crippen molar-refractivity contribution in [2.75, 3.05) is 13.7 Å². The third-order valence-corrected chi connectivity index (χ3v) is 10.0. The van der Waals surface area contributed by atoms with E-state index in [0.717, 1.165) is 24.8 Å². The highest BCUT2D eigenvalue weighted by Crippen LogP contribution is 2.43. The lowest BCUT2D eigenvalue weighted by Gasteiger charge is -2.19. The molecule has 0 saturated heterocycles. The van der Waals surface area contributed by atoms with Crippen LogP contribution in [0.15, 0.2) is 39.0 Å². The molecule has 0 saturated carbocycles. The molecule has 14 nitrogen and oxygen atoms in total. The summed E-state index contributed by atoms with van der Waals surface area (Å²) in [5, 5.41) is 11.3. The average Bonchev–Trinajstić information content (AvgIpc) is 3.24. The number of nitro groups is 1.